The first-order chi connectivity index (χ1) is 8.28. The van der Waals surface area contributed by atoms with Crippen LogP contribution in [0.3, 0.4) is 0 Å². The highest BCUT2D eigenvalue weighted by Gasteiger charge is 2.14. The maximum Gasteiger partial charge on any atom is 0.121 e. The third-order valence-electron chi connectivity index (χ3n) is 3.32. The molecular formula is C14H21NO2. The van der Waals surface area contributed by atoms with Crippen LogP contribution < -0.4 is 10.5 Å². The van der Waals surface area contributed by atoms with Crippen molar-refractivity contribution in [1.82, 2.24) is 0 Å². The Kier molecular flexibility index (Phi) is 4.26. The summed E-state index contributed by atoms with van der Waals surface area (Å²) in [6.07, 6.45) is 5.36. The third kappa shape index (κ3) is 3.63. The van der Waals surface area contributed by atoms with Crippen LogP contribution in [0.15, 0.2) is 18.2 Å². The van der Waals surface area contributed by atoms with E-state index in [0.29, 0.717) is 6.61 Å². The fraction of sp³-hybridized carbons (Fsp3) is 0.571. The zero-order chi connectivity index (χ0) is 12.1. The number of hydrogen-bond acceptors (Lipinski definition) is 3. The van der Waals surface area contributed by atoms with Gasteiger partial charge in [0.2, 0.25) is 0 Å². The first-order valence-corrected chi connectivity index (χ1v) is 6.29. The zero-order valence-electron chi connectivity index (χ0n) is 10.4. The third-order valence-corrected chi connectivity index (χ3v) is 3.32. The van der Waals surface area contributed by atoms with Gasteiger partial charge in [-0.05, 0) is 36.5 Å². The molecule has 1 aromatic rings. The van der Waals surface area contributed by atoms with Crippen molar-refractivity contribution in [3.05, 3.63) is 23.8 Å². The predicted octanol–water partition coefficient (Wildman–Crippen LogP) is 2.98. The lowest BCUT2D eigenvalue weighted by molar-refractivity contribution is 0.0888. The molecule has 1 saturated carbocycles. The van der Waals surface area contributed by atoms with Crippen LogP contribution in [0.2, 0.25) is 0 Å². The van der Waals surface area contributed by atoms with E-state index in [1.807, 2.05) is 18.2 Å². The Morgan fingerprint density at radius 1 is 1.24 bits per heavy atom. The molecule has 3 nitrogen and oxygen atoms in total. The van der Waals surface area contributed by atoms with Crippen LogP contribution in [0.4, 0.5) is 5.69 Å². The van der Waals surface area contributed by atoms with E-state index in [2.05, 4.69) is 0 Å². The summed E-state index contributed by atoms with van der Waals surface area (Å²) in [5, 5.41) is 0. The highest BCUT2D eigenvalue weighted by Crippen LogP contribution is 2.25. The van der Waals surface area contributed by atoms with Crippen molar-refractivity contribution < 1.29 is 9.47 Å². The molecule has 0 heterocycles. The van der Waals surface area contributed by atoms with Crippen molar-refractivity contribution in [2.75, 3.05) is 19.5 Å². The maximum absolute atomic E-state index is 5.79. The second-order valence-corrected chi connectivity index (χ2v) is 4.78. The average molecular weight is 235 g/mol. The number of anilines is 1. The van der Waals surface area contributed by atoms with Crippen molar-refractivity contribution in [2.45, 2.75) is 32.3 Å². The Balaban J connectivity index is 1.83. The number of rotatable bonds is 5. The molecule has 1 aliphatic rings. The molecule has 0 atom stereocenters. The van der Waals surface area contributed by atoms with E-state index < -0.39 is 0 Å². The molecule has 0 unspecified atom stereocenters. The summed E-state index contributed by atoms with van der Waals surface area (Å²) in [5.74, 6) is 1.56. The van der Waals surface area contributed by atoms with Gasteiger partial charge in [0.1, 0.15) is 5.75 Å². The largest absolute Gasteiger partial charge is 0.497 e. The minimum atomic E-state index is 0.623. The second kappa shape index (κ2) is 5.92. The molecule has 17 heavy (non-hydrogen) atoms. The lowest BCUT2D eigenvalue weighted by atomic mass is 10.1. The quantitative estimate of drug-likeness (QED) is 0.798. The topological polar surface area (TPSA) is 44.5 Å². The van der Waals surface area contributed by atoms with E-state index >= 15 is 0 Å². The van der Waals surface area contributed by atoms with Gasteiger partial charge in [-0.15, -0.1) is 0 Å². The number of benzene rings is 1. The first kappa shape index (κ1) is 12.2. The van der Waals surface area contributed by atoms with Crippen molar-refractivity contribution >= 4 is 5.69 Å². The van der Waals surface area contributed by atoms with Crippen molar-refractivity contribution in [1.29, 1.82) is 0 Å². The highest BCUT2D eigenvalue weighted by atomic mass is 16.5. The van der Waals surface area contributed by atoms with Gasteiger partial charge >= 0.3 is 0 Å². The molecule has 0 aliphatic heterocycles. The summed E-state index contributed by atoms with van der Waals surface area (Å²) in [4.78, 5) is 0. The number of hydrogen-bond donors (Lipinski definition) is 1. The standard InChI is InChI=1S/C14H21NO2/c1-16-14-7-12(6-13(15)8-14)10-17-9-11-4-2-3-5-11/h6-8,11H,2-5,9-10,15H2,1H3. The van der Waals surface area contributed by atoms with Crippen LogP contribution in [-0.2, 0) is 11.3 Å². The van der Waals surface area contributed by atoms with E-state index in [-0.39, 0.29) is 0 Å². The van der Waals surface area contributed by atoms with Crippen LogP contribution in [0.25, 0.3) is 0 Å². The molecule has 0 amide bonds. The number of ether oxygens (including phenoxy) is 2. The molecule has 3 heteroatoms. The fourth-order valence-electron chi connectivity index (χ4n) is 2.41. The lowest BCUT2D eigenvalue weighted by Crippen LogP contribution is -2.05. The summed E-state index contributed by atoms with van der Waals surface area (Å²) in [6.45, 7) is 1.50. The van der Waals surface area contributed by atoms with Crippen LogP contribution in [0.1, 0.15) is 31.2 Å². The number of nitrogens with two attached hydrogens (primary N) is 1. The second-order valence-electron chi connectivity index (χ2n) is 4.78. The van der Waals surface area contributed by atoms with Gasteiger partial charge in [-0.1, -0.05) is 12.8 Å². The average Bonchev–Trinajstić information content (AvgIpc) is 2.81. The molecule has 0 radical (unpaired) electrons. The molecule has 0 saturated heterocycles. The summed E-state index contributed by atoms with van der Waals surface area (Å²) >= 11 is 0. The molecule has 0 aromatic heterocycles. The summed E-state index contributed by atoms with van der Waals surface area (Å²) in [6, 6.07) is 5.74. The molecule has 1 fully saturated rings. The normalized spacial score (nSPS) is 16.3. The van der Waals surface area contributed by atoms with Gasteiger partial charge in [0.05, 0.1) is 13.7 Å². The van der Waals surface area contributed by atoms with Crippen LogP contribution in [0, 0.1) is 5.92 Å². The number of methoxy groups -OCH3 is 1. The summed E-state index contributed by atoms with van der Waals surface area (Å²) in [5.41, 5.74) is 7.60. The monoisotopic (exact) mass is 235 g/mol. The van der Waals surface area contributed by atoms with E-state index in [4.69, 9.17) is 15.2 Å². The zero-order valence-corrected chi connectivity index (χ0v) is 10.4. The van der Waals surface area contributed by atoms with Crippen molar-refractivity contribution in [3.63, 3.8) is 0 Å². The minimum Gasteiger partial charge on any atom is -0.497 e. The predicted molar refractivity (Wildman–Crippen MR) is 69.0 cm³/mol. The van der Waals surface area contributed by atoms with Crippen LogP contribution in [0.5, 0.6) is 5.75 Å². The Morgan fingerprint density at radius 2 is 2.00 bits per heavy atom. The lowest BCUT2D eigenvalue weighted by Gasteiger charge is -2.11. The van der Waals surface area contributed by atoms with Gasteiger partial charge in [-0.25, -0.2) is 0 Å². The van der Waals surface area contributed by atoms with Crippen molar-refractivity contribution in [3.8, 4) is 5.75 Å². The smallest absolute Gasteiger partial charge is 0.121 e. The summed E-state index contributed by atoms with van der Waals surface area (Å²) in [7, 11) is 1.65. The molecule has 94 valence electrons. The van der Waals surface area contributed by atoms with Gasteiger partial charge in [-0.3, -0.25) is 0 Å². The SMILES string of the molecule is COc1cc(N)cc(COCC2CCCC2)c1. The molecule has 0 spiro atoms. The maximum atomic E-state index is 5.79. The molecular weight excluding hydrogens is 214 g/mol. The Morgan fingerprint density at radius 3 is 2.71 bits per heavy atom. The van der Waals surface area contributed by atoms with Gasteiger partial charge < -0.3 is 15.2 Å². The van der Waals surface area contributed by atoms with Gasteiger partial charge in [0.15, 0.2) is 0 Å². The van der Waals surface area contributed by atoms with Gasteiger partial charge in [0.25, 0.3) is 0 Å². The molecule has 1 aromatic carbocycles. The Bertz CT molecular complexity index is 359. The fourth-order valence-corrected chi connectivity index (χ4v) is 2.41. The van der Waals surface area contributed by atoms with E-state index in [1.165, 1.54) is 25.7 Å². The molecule has 2 rings (SSSR count). The summed E-state index contributed by atoms with van der Waals surface area (Å²) < 4.78 is 10.9. The van der Waals surface area contributed by atoms with Crippen LogP contribution >= 0.6 is 0 Å². The Hall–Kier alpha value is -1.22. The van der Waals surface area contributed by atoms with Gasteiger partial charge in [-0.2, -0.15) is 0 Å². The highest BCUT2D eigenvalue weighted by molar-refractivity contribution is 5.47. The molecule has 0 bridgehead atoms. The first-order valence-electron chi connectivity index (χ1n) is 6.29. The van der Waals surface area contributed by atoms with E-state index in [9.17, 15) is 0 Å². The number of nitrogen functional groups attached to an aromatic ring is 1. The minimum absolute atomic E-state index is 0.623. The Labute approximate surface area is 103 Å². The molecule has 2 N–H and O–H groups in total. The molecule has 1 aliphatic carbocycles. The van der Waals surface area contributed by atoms with Crippen molar-refractivity contribution in [2.24, 2.45) is 5.92 Å². The van der Waals surface area contributed by atoms with E-state index in [1.54, 1.807) is 7.11 Å². The van der Waals surface area contributed by atoms with E-state index in [0.717, 1.165) is 29.5 Å². The van der Waals surface area contributed by atoms with Gasteiger partial charge in [0, 0.05) is 18.4 Å². The van der Waals surface area contributed by atoms with Crippen LogP contribution in [-0.4, -0.2) is 13.7 Å².